The van der Waals surface area contributed by atoms with Crippen molar-refractivity contribution in [3.8, 4) is 11.3 Å². The minimum atomic E-state index is -1.58. The summed E-state index contributed by atoms with van der Waals surface area (Å²) in [5, 5.41) is 28.3. The zero-order chi connectivity index (χ0) is 20.8. The molecule has 1 spiro atoms. The predicted octanol–water partition coefficient (Wildman–Crippen LogP) is 1.18. The SMILES string of the molecule is COC1C(n2cc(-c3cc(F)c(F)c(F)c3)nn2)C(O)C(CO)OC12CCCO2. The number of benzene rings is 1. The Balaban J connectivity index is 1.72. The molecule has 5 unspecified atom stereocenters. The van der Waals surface area contributed by atoms with Crippen molar-refractivity contribution in [2.24, 2.45) is 0 Å². The van der Waals surface area contributed by atoms with E-state index >= 15 is 0 Å². The second kappa shape index (κ2) is 7.65. The molecular formula is C18H20F3N3O5. The molecule has 2 aromatic rings. The number of hydrogen-bond acceptors (Lipinski definition) is 7. The van der Waals surface area contributed by atoms with Gasteiger partial charge in [-0.25, -0.2) is 17.9 Å². The number of methoxy groups -OCH3 is 1. The van der Waals surface area contributed by atoms with Gasteiger partial charge in [-0.1, -0.05) is 5.21 Å². The highest BCUT2D eigenvalue weighted by atomic mass is 19.2. The minimum Gasteiger partial charge on any atom is -0.394 e. The van der Waals surface area contributed by atoms with Gasteiger partial charge in [0.2, 0.25) is 0 Å². The molecule has 0 radical (unpaired) electrons. The fraction of sp³-hybridized carbons (Fsp3) is 0.556. The van der Waals surface area contributed by atoms with Gasteiger partial charge >= 0.3 is 0 Å². The lowest BCUT2D eigenvalue weighted by Crippen LogP contribution is -2.63. The summed E-state index contributed by atoms with van der Waals surface area (Å²) < 4.78 is 58.9. The van der Waals surface area contributed by atoms with Crippen LogP contribution in [0.15, 0.2) is 18.3 Å². The zero-order valence-corrected chi connectivity index (χ0v) is 15.5. The number of rotatable bonds is 4. The molecule has 5 atom stereocenters. The summed E-state index contributed by atoms with van der Waals surface area (Å²) in [6.07, 6.45) is -0.430. The molecule has 8 nitrogen and oxygen atoms in total. The number of nitrogens with zero attached hydrogens (tertiary/aromatic N) is 3. The Bertz CT molecular complexity index is 866. The van der Waals surface area contributed by atoms with E-state index in [9.17, 15) is 23.4 Å². The molecule has 0 aliphatic carbocycles. The lowest BCUT2D eigenvalue weighted by Gasteiger charge is -2.48. The van der Waals surface area contributed by atoms with Gasteiger partial charge < -0.3 is 24.4 Å². The summed E-state index contributed by atoms with van der Waals surface area (Å²) in [4.78, 5) is 0. The van der Waals surface area contributed by atoms with Crippen molar-refractivity contribution in [3.05, 3.63) is 35.8 Å². The van der Waals surface area contributed by atoms with Crippen LogP contribution >= 0.6 is 0 Å². The number of halogens is 3. The molecule has 11 heteroatoms. The number of aliphatic hydroxyl groups is 2. The fourth-order valence-corrected chi connectivity index (χ4v) is 4.02. The molecule has 2 fully saturated rings. The molecule has 4 rings (SSSR count). The summed E-state index contributed by atoms with van der Waals surface area (Å²) in [6, 6.07) is 0.749. The van der Waals surface area contributed by atoms with Gasteiger partial charge in [-0.3, -0.25) is 0 Å². The Morgan fingerprint density at radius 2 is 2.03 bits per heavy atom. The molecule has 0 amide bonds. The minimum absolute atomic E-state index is 0.0197. The van der Waals surface area contributed by atoms with E-state index in [1.807, 2.05) is 0 Å². The van der Waals surface area contributed by atoms with Crippen LogP contribution in [0.4, 0.5) is 13.2 Å². The van der Waals surface area contributed by atoms with E-state index < -0.39 is 54.2 Å². The van der Waals surface area contributed by atoms with E-state index in [1.54, 1.807) is 0 Å². The molecule has 2 aliphatic rings. The maximum absolute atomic E-state index is 13.6. The molecule has 2 N–H and O–H groups in total. The predicted molar refractivity (Wildman–Crippen MR) is 91.0 cm³/mol. The molecule has 29 heavy (non-hydrogen) atoms. The molecule has 158 valence electrons. The molecule has 2 aliphatic heterocycles. The third-order valence-electron chi connectivity index (χ3n) is 5.37. The van der Waals surface area contributed by atoms with Gasteiger partial charge in [-0.05, 0) is 18.6 Å². The fourth-order valence-electron chi connectivity index (χ4n) is 4.02. The summed E-state index contributed by atoms with van der Waals surface area (Å²) in [6.45, 7) is -0.0350. The van der Waals surface area contributed by atoms with E-state index in [-0.39, 0.29) is 11.3 Å². The molecule has 1 aromatic carbocycles. The maximum atomic E-state index is 13.6. The van der Waals surface area contributed by atoms with Crippen molar-refractivity contribution in [1.29, 1.82) is 0 Å². The van der Waals surface area contributed by atoms with Crippen LogP contribution in [-0.2, 0) is 14.2 Å². The van der Waals surface area contributed by atoms with Gasteiger partial charge in [0.15, 0.2) is 23.2 Å². The number of aromatic nitrogens is 3. The first-order valence-electron chi connectivity index (χ1n) is 9.10. The molecule has 2 saturated heterocycles. The Morgan fingerprint density at radius 1 is 1.31 bits per heavy atom. The standard InChI is InChI=1S/C18H20F3N3O5/c1-27-17-15(16(26)13(8-25)29-18(17)3-2-4-28-18)24-7-12(22-23-24)9-5-10(19)14(21)11(20)6-9/h5-7,13,15-17,25-26H,2-4,8H2,1H3. The van der Waals surface area contributed by atoms with E-state index in [1.165, 1.54) is 18.0 Å². The average Bonchev–Trinajstić information content (AvgIpc) is 3.37. The van der Waals surface area contributed by atoms with Crippen LogP contribution in [0, 0.1) is 17.5 Å². The van der Waals surface area contributed by atoms with E-state index in [0.717, 1.165) is 12.1 Å². The molecule has 0 saturated carbocycles. The van der Waals surface area contributed by atoms with Crippen molar-refractivity contribution in [2.75, 3.05) is 20.3 Å². The van der Waals surface area contributed by atoms with Gasteiger partial charge in [0.1, 0.15) is 30.0 Å². The summed E-state index contributed by atoms with van der Waals surface area (Å²) >= 11 is 0. The largest absolute Gasteiger partial charge is 0.394 e. The van der Waals surface area contributed by atoms with Gasteiger partial charge in [0, 0.05) is 19.1 Å². The second-order valence-corrected chi connectivity index (χ2v) is 7.08. The maximum Gasteiger partial charge on any atom is 0.197 e. The first-order valence-corrected chi connectivity index (χ1v) is 9.10. The van der Waals surface area contributed by atoms with Crippen LogP contribution in [-0.4, -0.2) is 69.6 Å². The van der Waals surface area contributed by atoms with Crippen LogP contribution in [0.25, 0.3) is 11.3 Å². The molecule has 1 aromatic heterocycles. The molecule has 3 heterocycles. The normalized spacial score (nSPS) is 32.2. The quantitative estimate of drug-likeness (QED) is 0.724. The Kier molecular flexibility index (Phi) is 5.34. The van der Waals surface area contributed by atoms with Gasteiger partial charge in [-0.15, -0.1) is 5.10 Å². The first kappa shape index (κ1) is 20.2. The lowest BCUT2D eigenvalue weighted by atomic mass is 9.88. The lowest BCUT2D eigenvalue weighted by molar-refractivity contribution is -0.343. The highest BCUT2D eigenvalue weighted by Gasteiger charge is 2.58. The van der Waals surface area contributed by atoms with Crippen LogP contribution in [0.2, 0.25) is 0 Å². The van der Waals surface area contributed by atoms with Crippen LogP contribution in [0.5, 0.6) is 0 Å². The van der Waals surface area contributed by atoms with Crippen LogP contribution in [0.1, 0.15) is 18.9 Å². The third-order valence-corrected chi connectivity index (χ3v) is 5.37. The van der Waals surface area contributed by atoms with E-state index in [0.29, 0.717) is 19.4 Å². The summed E-state index contributed by atoms with van der Waals surface area (Å²) in [5.74, 6) is -5.46. The monoisotopic (exact) mass is 415 g/mol. The average molecular weight is 415 g/mol. The summed E-state index contributed by atoms with van der Waals surface area (Å²) in [5.41, 5.74) is 0.0481. The van der Waals surface area contributed by atoms with Crippen LogP contribution < -0.4 is 0 Å². The van der Waals surface area contributed by atoms with Crippen molar-refractivity contribution < 1.29 is 37.6 Å². The topological polar surface area (TPSA) is 98.9 Å². The van der Waals surface area contributed by atoms with Crippen LogP contribution in [0.3, 0.4) is 0 Å². The van der Waals surface area contributed by atoms with E-state index in [4.69, 9.17) is 14.2 Å². The highest BCUT2D eigenvalue weighted by Crippen LogP contribution is 2.44. The Morgan fingerprint density at radius 3 is 2.62 bits per heavy atom. The van der Waals surface area contributed by atoms with Crippen molar-refractivity contribution >= 4 is 0 Å². The van der Waals surface area contributed by atoms with E-state index in [2.05, 4.69) is 10.3 Å². The molecule has 0 bridgehead atoms. The second-order valence-electron chi connectivity index (χ2n) is 7.08. The Hall–Kier alpha value is -2.05. The Labute approximate surface area is 163 Å². The van der Waals surface area contributed by atoms with Crippen molar-refractivity contribution in [2.45, 2.75) is 43.0 Å². The number of hydrogen-bond donors (Lipinski definition) is 2. The van der Waals surface area contributed by atoms with Crippen molar-refractivity contribution in [1.82, 2.24) is 15.0 Å². The first-order chi connectivity index (χ1) is 13.9. The third kappa shape index (κ3) is 3.32. The van der Waals surface area contributed by atoms with Gasteiger partial charge in [-0.2, -0.15) is 0 Å². The van der Waals surface area contributed by atoms with Gasteiger partial charge in [0.05, 0.1) is 19.4 Å². The summed E-state index contributed by atoms with van der Waals surface area (Å²) in [7, 11) is 1.43. The van der Waals surface area contributed by atoms with Crippen molar-refractivity contribution in [3.63, 3.8) is 0 Å². The highest BCUT2D eigenvalue weighted by molar-refractivity contribution is 5.57. The zero-order valence-electron chi connectivity index (χ0n) is 15.5. The number of aliphatic hydroxyl groups excluding tert-OH is 2. The smallest absolute Gasteiger partial charge is 0.197 e. The van der Waals surface area contributed by atoms with Gasteiger partial charge in [0.25, 0.3) is 0 Å². The molecular weight excluding hydrogens is 395 g/mol. The number of ether oxygens (including phenoxy) is 3.